The van der Waals surface area contributed by atoms with Crippen LogP contribution in [-0.4, -0.2) is 67.6 Å². The first-order valence-corrected chi connectivity index (χ1v) is 6.37. The Hall–Kier alpha value is -1.85. The fraction of sp³-hybridized carbons (Fsp3) is 0.750. The summed E-state index contributed by atoms with van der Waals surface area (Å²) in [6, 6.07) is 0.485. The van der Waals surface area contributed by atoms with Crippen molar-refractivity contribution in [2.75, 3.05) is 33.4 Å². The summed E-state index contributed by atoms with van der Waals surface area (Å²) in [5, 5.41) is 20.3. The number of urea groups is 1. The molecule has 1 saturated heterocycles. The van der Waals surface area contributed by atoms with E-state index in [0.717, 1.165) is 0 Å². The fourth-order valence-electron chi connectivity index (χ4n) is 1.84. The molecule has 1 aliphatic heterocycles. The lowest BCUT2D eigenvalue weighted by atomic mass is 10.1. The first-order valence-electron chi connectivity index (χ1n) is 6.37. The molecule has 0 aromatic rings. The zero-order valence-corrected chi connectivity index (χ0v) is 11.4. The van der Waals surface area contributed by atoms with E-state index < -0.39 is 24.1 Å². The molecule has 0 radical (unpaired) electrons. The van der Waals surface area contributed by atoms with Gasteiger partial charge < -0.3 is 24.8 Å². The van der Waals surface area contributed by atoms with Crippen LogP contribution in [0, 0.1) is 11.3 Å². The van der Waals surface area contributed by atoms with Gasteiger partial charge >= 0.3 is 12.0 Å². The van der Waals surface area contributed by atoms with Crippen molar-refractivity contribution in [3.8, 4) is 6.07 Å². The Morgan fingerprint density at radius 2 is 2.40 bits per heavy atom. The summed E-state index contributed by atoms with van der Waals surface area (Å²) in [7, 11) is 1.53. The van der Waals surface area contributed by atoms with Gasteiger partial charge in [0.25, 0.3) is 0 Å². The van der Waals surface area contributed by atoms with Gasteiger partial charge in [-0.15, -0.1) is 0 Å². The van der Waals surface area contributed by atoms with Gasteiger partial charge in [0.1, 0.15) is 6.04 Å². The Bertz CT molecular complexity index is 382. The molecule has 0 aliphatic carbocycles. The maximum absolute atomic E-state index is 12.0. The lowest BCUT2D eigenvalue weighted by molar-refractivity contribution is -0.139. The lowest BCUT2D eigenvalue weighted by Gasteiger charge is -2.30. The average Bonchev–Trinajstić information content (AvgIpc) is 2.46. The van der Waals surface area contributed by atoms with Crippen molar-refractivity contribution in [2.45, 2.75) is 25.0 Å². The largest absolute Gasteiger partial charge is 0.480 e. The zero-order valence-electron chi connectivity index (χ0n) is 11.4. The molecule has 1 aliphatic rings. The molecule has 8 nitrogen and oxygen atoms in total. The van der Waals surface area contributed by atoms with E-state index in [1.165, 1.54) is 12.0 Å². The number of nitrogens with zero attached hydrogens (tertiary/aromatic N) is 2. The summed E-state index contributed by atoms with van der Waals surface area (Å²) < 4.78 is 9.98. The molecule has 2 N–H and O–H groups in total. The average molecular weight is 285 g/mol. The van der Waals surface area contributed by atoms with Crippen LogP contribution in [0.25, 0.3) is 0 Å². The second kappa shape index (κ2) is 8.35. The van der Waals surface area contributed by atoms with Gasteiger partial charge in [0.2, 0.25) is 0 Å². The number of carbonyl (C=O) groups is 2. The minimum atomic E-state index is -1.08. The van der Waals surface area contributed by atoms with Gasteiger partial charge in [0, 0.05) is 20.3 Å². The van der Waals surface area contributed by atoms with Gasteiger partial charge in [-0.25, -0.2) is 9.59 Å². The van der Waals surface area contributed by atoms with Crippen LogP contribution in [0.15, 0.2) is 0 Å². The number of carbonyl (C=O) groups excluding carboxylic acids is 1. The number of carboxylic acids is 1. The maximum Gasteiger partial charge on any atom is 0.326 e. The number of methoxy groups -OCH3 is 1. The van der Waals surface area contributed by atoms with E-state index in [1.807, 2.05) is 6.07 Å². The van der Waals surface area contributed by atoms with Gasteiger partial charge in [-0.1, -0.05) is 0 Å². The highest BCUT2D eigenvalue weighted by Gasteiger charge is 2.27. The smallest absolute Gasteiger partial charge is 0.326 e. The first-order chi connectivity index (χ1) is 9.58. The van der Waals surface area contributed by atoms with E-state index in [4.69, 9.17) is 19.8 Å². The van der Waals surface area contributed by atoms with E-state index in [0.29, 0.717) is 26.0 Å². The molecular formula is C12H19N3O5. The Kier molecular flexibility index (Phi) is 6.76. The molecular weight excluding hydrogens is 266 g/mol. The Labute approximate surface area is 117 Å². The monoisotopic (exact) mass is 285 g/mol. The van der Waals surface area contributed by atoms with Gasteiger partial charge in [0.05, 0.1) is 19.2 Å². The first kappa shape index (κ1) is 16.2. The summed E-state index contributed by atoms with van der Waals surface area (Å²) in [5.41, 5.74) is 0. The molecule has 2 atom stereocenters. The number of hydrogen-bond acceptors (Lipinski definition) is 5. The Morgan fingerprint density at radius 3 is 3.00 bits per heavy atom. The topological polar surface area (TPSA) is 112 Å². The maximum atomic E-state index is 12.0. The van der Waals surface area contributed by atoms with E-state index in [9.17, 15) is 9.59 Å². The van der Waals surface area contributed by atoms with Crippen molar-refractivity contribution in [2.24, 2.45) is 0 Å². The highest BCUT2D eigenvalue weighted by Crippen LogP contribution is 2.06. The Morgan fingerprint density at radius 1 is 1.65 bits per heavy atom. The predicted octanol–water partition coefficient (Wildman–Crippen LogP) is -0.200. The van der Waals surface area contributed by atoms with Crippen LogP contribution < -0.4 is 5.32 Å². The summed E-state index contributed by atoms with van der Waals surface area (Å²) in [6.07, 6.45) is 0.171. The number of amides is 2. The molecule has 8 heteroatoms. The fourth-order valence-corrected chi connectivity index (χ4v) is 1.84. The molecule has 0 aromatic carbocycles. The third-order valence-electron chi connectivity index (χ3n) is 2.93. The molecule has 0 spiro atoms. The number of aliphatic carboxylic acids is 1. The van der Waals surface area contributed by atoms with E-state index in [-0.39, 0.29) is 13.2 Å². The minimum Gasteiger partial charge on any atom is -0.480 e. The molecule has 1 fully saturated rings. The highest BCUT2D eigenvalue weighted by atomic mass is 16.5. The number of carboxylic acid groups (broad SMARTS) is 1. The summed E-state index contributed by atoms with van der Waals surface area (Å²) in [4.78, 5) is 24.4. The molecule has 2 unspecified atom stereocenters. The van der Waals surface area contributed by atoms with Crippen molar-refractivity contribution in [1.82, 2.24) is 10.2 Å². The number of nitrogens with one attached hydrogen (secondary N) is 1. The van der Waals surface area contributed by atoms with Crippen molar-refractivity contribution < 1.29 is 24.2 Å². The van der Waals surface area contributed by atoms with Gasteiger partial charge in [0.15, 0.2) is 6.10 Å². The van der Waals surface area contributed by atoms with Crippen molar-refractivity contribution in [3.63, 3.8) is 0 Å². The van der Waals surface area contributed by atoms with Gasteiger partial charge in [-0.3, -0.25) is 0 Å². The number of nitriles is 1. The molecule has 0 bridgehead atoms. The molecule has 1 heterocycles. The summed E-state index contributed by atoms with van der Waals surface area (Å²) in [5.74, 6) is -1.08. The number of rotatable bonds is 6. The standard InChI is InChI=1S/C12H19N3O5/c1-19-5-2-3-10(11(16)17)14-12(18)15-4-6-20-9(7-13)8-15/h9-10H,2-6,8H2,1H3,(H,14,18)(H,16,17). The van der Waals surface area contributed by atoms with Crippen LogP contribution in [0.3, 0.4) is 0 Å². The van der Waals surface area contributed by atoms with Crippen molar-refractivity contribution in [1.29, 1.82) is 5.26 Å². The molecule has 0 saturated carbocycles. The SMILES string of the molecule is COCCCC(NC(=O)N1CCOC(C#N)C1)C(=O)O. The summed E-state index contributed by atoms with van der Waals surface area (Å²) >= 11 is 0. The van der Waals surface area contributed by atoms with Crippen molar-refractivity contribution in [3.05, 3.63) is 0 Å². The third kappa shape index (κ3) is 5.03. The van der Waals surface area contributed by atoms with E-state index in [2.05, 4.69) is 5.32 Å². The van der Waals surface area contributed by atoms with Crippen LogP contribution in [0.1, 0.15) is 12.8 Å². The van der Waals surface area contributed by atoms with Gasteiger partial charge in [-0.2, -0.15) is 5.26 Å². The zero-order chi connectivity index (χ0) is 15.0. The van der Waals surface area contributed by atoms with Crippen LogP contribution in [0.4, 0.5) is 4.79 Å². The van der Waals surface area contributed by atoms with E-state index >= 15 is 0 Å². The third-order valence-corrected chi connectivity index (χ3v) is 2.93. The van der Waals surface area contributed by atoms with Crippen LogP contribution >= 0.6 is 0 Å². The van der Waals surface area contributed by atoms with Crippen LogP contribution in [0.5, 0.6) is 0 Å². The number of morpholine rings is 1. The second-order valence-corrected chi connectivity index (χ2v) is 4.41. The quantitative estimate of drug-likeness (QED) is 0.654. The molecule has 1 rings (SSSR count). The molecule has 20 heavy (non-hydrogen) atoms. The van der Waals surface area contributed by atoms with E-state index in [1.54, 1.807) is 0 Å². The normalized spacial score (nSPS) is 20.0. The number of ether oxygens (including phenoxy) is 2. The second-order valence-electron chi connectivity index (χ2n) is 4.41. The Balaban J connectivity index is 2.48. The number of hydrogen-bond donors (Lipinski definition) is 2. The molecule has 0 aromatic heterocycles. The molecule has 2 amide bonds. The lowest BCUT2D eigenvalue weighted by Crippen LogP contribution is -2.53. The van der Waals surface area contributed by atoms with Crippen LogP contribution in [-0.2, 0) is 14.3 Å². The minimum absolute atomic E-state index is 0.146. The van der Waals surface area contributed by atoms with Crippen LogP contribution in [0.2, 0.25) is 0 Å². The highest BCUT2D eigenvalue weighted by molar-refractivity contribution is 5.82. The summed E-state index contributed by atoms with van der Waals surface area (Å²) in [6.45, 7) is 1.20. The van der Waals surface area contributed by atoms with Gasteiger partial charge in [-0.05, 0) is 12.8 Å². The predicted molar refractivity (Wildman–Crippen MR) is 68.0 cm³/mol. The van der Waals surface area contributed by atoms with Crippen molar-refractivity contribution >= 4 is 12.0 Å². The molecule has 112 valence electrons.